The van der Waals surface area contributed by atoms with Gasteiger partial charge in [-0.05, 0) is 62.9 Å². The Morgan fingerprint density at radius 1 is 0.973 bits per heavy atom. The molecule has 2 saturated heterocycles. The van der Waals surface area contributed by atoms with Crippen LogP contribution in [0.3, 0.4) is 0 Å². The highest BCUT2D eigenvalue weighted by Crippen LogP contribution is 2.32. The molecule has 4 rings (SSSR count). The molecule has 2 aliphatic heterocycles. The Morgan fingerprint density at radius 3 is 2.22 bits per heavy atom. The fourth-order valence-electron chi connectivity index (χ4n) is 4.88. The first-order chi connectivity index (χ1) is 17.7. The van der Waals surface area contributed by atoms with Crippen LogP contribution in [0.25, 0.3) is 0 Å². The van der Waals surface area contributed by atoms with Gasteiger partial charge in [-0.15, -0.1) is 11.6 Å². The number of ether oxygens (including phenoxy) is 1. The Morgan fingerprint density at radius 2 is 1.59 bits per heavy atom. The first kappa shape index (κ1) is 27.1. The van der Waals surface area contributed by atoms with Crippen molar-refractivity contribution in [2.45, 2.75) is 33.6 Å². The monoisotopic (exact) mass is 526 g/mol. The van der Waals surface area contributed by atoms with Crippen LogP contribution in [0.5, 0.6) is 5.75 Å². The van der Waals surface area contributed by atoms with Crippen molar-refractivity contribution in [2.24, 2.45) is 11.3 Å². The van der Waals surface area contributed by atoms with Crippen LogP contribution in [-0.4, -0.2) is 69.0 Å². The topological polar surface area (TPSA) is 65.1 Å². The van der Waals surface area contributed by atoms with Crippen molar-refractivity contribution in [3.8, 4) is 5.75 Å². The Bertz CT molecular complexity index is 1110. The fourth-order valence-corrected chi connectivity index (χ4v) is 5.00. The first-order valence-electron chi connectivity index (χ1n) is 13.2. The maximum atomic E-state index is 13.8. The minimum absolute atomic E-state index is 0.0294. The van der Waals surface area contributed by atoms with E-state index in [4.69, 9.17) is 16.3 Å². The fraction of sp³-hybridized carbons (Fsp3) is 0.517. The average molecular weight is 527 g/mol. The molecule has 7 nitrogen and oxygen atoms in total. The third kappa shape index (κ3) is 6.15. The first-order valence-corrected chi connectivity index (χ1v) is 13.7. The minimum Gasteiger partial charge on any atom is -0.495 e. The molecule has 0 unspecified atom stereocenters. The summed E-state index contributed by atoms with van der Waals surface area (Å²) < 4.78 is 5.56. The lowest BCUT2D eigenvalue weighted by Crippen LogP contribution is -2.47. The molecule has 8 heteroatoms. The number of piperazine rings is 1. The summed E-state index contributed by atoms with van der Waals surface area (Å²) in [5.41, 5.74) is 2.55. The number of hydrogen-bond acceptors (Lipinski definition) is 5. The van der Waals surface area contributed by atoms with Crippen LogP contribution >= 0.6 is 11.6 Å². The van der Waals surface area contributed by atoms with Crippen LogP contribution in [0, 0.1) is 11.3 Å². The maximum Gasteiger partial charge on any atom is 0.256 e. The van der Waals surface area contributed by atoms with Crippen LogP contribution in [0.2, 0.25) is 0 Å². The number of halogens is 1. The molecule has 0 aliphatic carbocycles. The SMILES string of the molecule is COc1ccccc1N1CCN(c2ccc(NC(=O)C(C)(C)CCl)cc2C(=O)N2CCC(C)CC2)CC1. The Kier molecular flexibility index (Phi) is 8.53. The number of piperidine rings is 1. The van der Waals surface area contributed by atoms with E-state index in [1.165, 1.54) is 0 Å². The molecule has 0 saturated carbocycles. The number of rotatable bonds is 7. The number of nitrogens with zero attached hydrogens (tertiary/aromatic N) is 3. The molecule has 2 fully saturated rings. The molecule has 37 heavy (non-hydrogen) atoms. The molecule has 2 amide bonds. The van der Waals surface area contributed by atoms with Crippen molar-refractivity contribution in [3.63, 3.8) is 0 Å². The lowest BCUT2D eigenvalue weighted by Gasteiger charge is -2.39. The molecular weight excluding hydrogens is 488 g/mol. The predicted molar refractivity (Wildman–Crippen MR) is 151 cm³/mol. The van der Waals surface area contributed by atoms with Crippen molar-refractivity contribution in [3.05, 3.63) is 48.0 Å². The lowest BCUT2D eigenvalue weighted by atomic mass is 9.95. The Balaban J connectivity index is 1.57. The van der Waals surface area contributed by atoms with E-state index in [-0.39, 0.29) is 17.7 Å². The number of amides is 2. The Hall–Kier alpha value is -2.93. The van der Waals surface area contributed by atoms with Crippen LogP contribution in [0.15, 0.2) is 42.5 Å². The molecule has 2 heterocycles. The second kappa shape index (κ2) is 11.6. The minimum atomic E-state index is -0.706. The zero-order valence-corrected chi connectivity index (χ0v) is 23.2. The van der Waals surface area contributed by atoms with E-state index in [9.17, 15) is 9.59 Å². The van der Waals surface area contributed by atoms with Gasteiger partial charge in [-0.1, -0.05) is 19.1 Å². The summed E-state index contributed by atoms with van der Waals surface area (Å²) in [4.78, 5) is 33.1. The molecule has 2 aromatic rings. The van der Waals surface area contributed by atoms with E-state index < -0.39 is 5.41 Å². The van der Waals surface area contributed by atoms with Crippen molar-refractivity contribution in [1.82, 2.24) is 4.90 Å². The summed E-state index contributed by atoms with van der Waals surface area (Å²) in [6.45, 7) is 10.6. The number of carbonyl (C=O) groups is 2. The molecule has 0 atom stereocenters. The van der Waals surface area contributed by atoms with Crippen molar-refractivity contribution in [1.29, 1.82) is 0 Å². The highest BCUT2D eigenvalue weighted by Gasteiger charge is 2.29. The molecule has 200 valence electrons. The average Bonchev–Trinajstić information content (AvgIpc) is 2.93. The number of hydrogen-bond donors (Lipinski definition) is 1. The number of nitrogens with one attached hydrogen (secondary N) is 1. The standard InChI is InChI=1S/C29H39ClN4O3/c1-21-11-13-34(14-12-21)27(35)23-19-22(31-28(36)29(2,3)20-30)9-10-24(23)32-15-17-33(18-16-32)25-7-5-6-8-26(25)37-4/h5-10,19,21H,11-18,20H2,1-4H3,(H,31,36). The van der Waals surface area contributed by atoms with E-state index in [2.05, 4.69) is 28.1 Å². The zero-order chi connectivity index (χ0) is 26.6. The van der Waals surface area contributed by atoms with E-state index in [0.717, 1.165) is 69.2 Å². The van der Waals surface area contributed by atoms with Gasteiger partial charge in [-0.3, -0.25) is 9.59 Å². The van der Waals surface area contributed by atoms with Crippen molar-refractivity contribution >= 4 is 40.5 Å². The molecular formula is C29H39ClN4O3. The number of methoxy groups -OCH3 is 1. The molecule has 2 aromatic carbocycles. The van der Waals surface area contributed by atoms with E-state index >= 15 is 0 Å². The summed E-state index contributed by atoms with van der Waals surface area (Å²) in [5.74, 6) is 1.58. The van der Waals surface area contributed by atoms with Gasteiger partial charge in [-0.2, -0.15) is 0 Å². The predicted octanol–water partition coefficient (Wildman–Crippen LogP) is 5.10. The van der Waals surface area contributed by atoms with Gasteiger partial charge in [0, 0.05) is 56.5 Å². The second-order valence-electron chi connectivity index (χ2n) is 10.8. The molecule has 0 aromatic heterocycles. The van der Waals surface area contributed by atoms with Gasteiger partial charge < -0.3 is 24.8 Å². The molecule has 0 spiro atoms. The van der Waals surface area contributed by atoms with Gasteiger partial charge in [0.05, 0.1) is 23.8 Å². The number of anilines is 3. The molecule has 1 N–H and O–H groups in total. The van der Waals surface area contributed by atoms with Gasteiger partial charge in [0.15, 0.2) is 0 Å². The molecule has 0 bridgehead atoms. The number of likely N-dealkylation sites (tertiary alicyclic amines) is 1. The summed E-state index contributed by atoms with van der Waals surface area (Å²) >= 11 is 6.01. The van der Waals surface area contributed by atoms with E-state index in [1.807, 2.05) is 55.1 Å². The van der Waals surface area contributed by atoms with Gasteiger partial charge in [0.2, 0.25) is 5.91 Å². The van der Waals surface area contributed by atoms with Gasteiger partial charge >= 0.3 is 0 Å². The number of carbonyl (C=O) groups excluding carboxylic acids is 2. The normalized spacial score (nSPS) is 17.1. The van der Waals surface area contributed by atoms with E-state index in [0.29, 0.717) is 17.2 Å². The Labute approximate surface area is 225 Å². The van der Waals surface area contributed by atoms with E-state index in [1.54, 1.807) is 7.11 Å². The van der Waals surface area contributed by atoms with Crippen molar-refractivity contribution < 1.29 is 14.3 Å². The van der Waals surface area contributed by atoms with Gasteiger partial charge in [0.1, 0.15) is 5.75 Å². The lowest BCUT2D eigenvalue weighted by molar-refractivity contribution is -0.122. The number of para-hydroxylation sites is 2. The third-order valence-electron chi connectivity index (χ3n) is 7.55. The smallest absolute Gasteiger partial charge is 0.256 e. The molecule has 0 radical (unpaired) electrons. The maximum absolute atomic E-state index is 13.8. The van der Waals surface area contributed by atoms with Crippen LogP contribution < -0.4 is 19.9 Å². The summed E-state index contributed by atoms with van der Waals surface area (Å²) in [6, 6.07) is 13.8. The highest BCUT2D eigenvalue weighted by atomic mass is 35.5. The zero-order valence-electron chi connectivity index (χ0n) is 22.4. The van der Waals surface area contributed by atoms with Gasteiger partial charge in [0.25, 0.3) is 5.91 Å². The largest absolute Gasteiger partial charge is 0.495 e. The van der Waals surface area contributed by atoms with Crippen LogP contribution in [-0.2, 0) is 4.79 Å². The second-order valence-corrected chi connectivity index (χ2v) is 11.1. The third-order valence-corrected chi connectivity index (χ3v) is 8.22. The van der Waals surface area contributed by atoms with Crippen LogP contribution in [0.1, 0.15) is 44.0 Å². The van der Waals surface area contributed by atoms with Crippen molar-refractivity contribution in [2.75, 3.05) is 67.4 Å². The number of benzene rings is 2. The molecule has 2 aliphatic rings. The quantitative estimate of drug-likeness (QED) is 0.509. The highest BCUT2D eigenvalue weighted by molar-refractivity contribution is 6.20. The summed E-state index contributed by atoms with van der Waals surface area (Å²) in [7, 11) is 1.70. The van der Waals surface area contributed by atoms with Gasteiger partial charge in [-0.25, -0.2) is 0 Å². The summed E-state index contributed by atoms with van der Waals surface area (Å²) in [6.07, 6.45) is 2.03. The summed E-state index contributed by atoms with van der Waals surface area (Å²) in [5, 5.41) is 2.97. The number of alkyl halides is 1. The van der Waals surface area contributed by atoms with Crippen LogP contribution in [0.4, 0.5) is 17.1 Å².